The molecule has 4 aromatic rings. The van der Waals surface area contributed by atoms with Crippen LogP contribution in [-0.2, 0) is 6.42 Å². The number of oxazole rings is 1. The number of hydrogen-bond donors (Lipinski definition) is 2. The highest BCUT2D eigenvalue weighted by atomic mass is 35.5. The highest BCUT2D eigenvalue weighted by Crippen LogP contribution is 2.22. The summed E-state index contributed by atoms with van der Waals surface area (Å²) >= 11 is 11.2. The van der Waals surface area contributed by atoms with Crippen LogP contribution < -0.4 is 10.6 Å². The lowest BCUT2D eigenvalue weighted by Gasteiger charge is -2.10. The van der Waals surface area contributed by atoms with Crippen molar-refractivity contribution in [3.05, 3.63) is 94.3 Å². The van der Waals surface area contributed by atoms with Crippen molar-refractivity contribution in [1.82, 2.24) is 10.3 Å². The van der Waals surface area contributed by atoms with Crippen LogP contribution in [0.1, 0.15) is 27.4 Å². The van der Waals surface area contributed by atoms with Crippen LogP contribution in [0, 0.1) is 6.92 Å². The third-order valence-corrected chi connectivity index (χ3v) is 5.03. The molecule has 1 amide bonds. The molecule has 150 valence electrons. The standard InChI is InChI=1S/C23H18ClN3O2S/c1-14-4-2-3-5-18(14)22(28)27-23(30)25-17-10-11-20-19(13-17)26-21(29-20)12-15-6-8-16(24)9-7-15/h2-11,13H,12H2,1H3,(H2,25,27,28,30). The summed E-state index contributed by atoms with van der Waals surface area (Å²) in [5.41, 5.74) is 4.63. The zero-order chi connectivity index (χ0) is 21.1. The first kappa shape index (κ1) is 20.1. The summed E-state index contributed by atoms with van der Waals surface area (Å²) in [4.78, 5) is 17.0. The Balaban J connectivity index is 1.44. The molecular weight excluding hydrogens is 418 g/mol. The summed E-state index contributed by atoms with van der Waals surface area (Å²) in [6.07, 6.45) is 0.569. The maximum Gasteiger partial charge on any atom is 0.257 e. The molecule has 5 nitrogen and oxygen atoms in total. The van der Waals surface area contributed by atoms with Crippen molar-refractivity contribution in [1.29, 1.82) is 0 Å². The van der Waals surface area contributed by atoms with E-state index in [-0.39, 0.29) is 11.0 Å². The fourth-order valence-electron chi connectivity index (χ4n) is 3.07. The molecule has 1 heterocycles. The van der Waals surface area contributed by atoms with Gasteiger partial charge in [0.05, 0.1) is 0 Å². The number of fused-ring (bicyclic) bond motifs is 1. The van der Waals surface area contributed by atoms with E-state index >= 15 is 0 Å². The number of amides is 1. The number of halogens is 1. The van der Waals surface area contributed by atoms with Crippen LogP contribution in [0.15, 0.2) is 71.1 Å². The van der Waals surface area contributed by atoms with Gasteiger partial charge in [0.2, 0.25) is 0 Å². The van der Waals surface area contributed by atoms with Crippen molar-refractivity contribution >= 4 is 51.6 Å². The summed E-state index contributed by atoms with van der Waals surface area (Å²) in [5.74, 6) is 0.360. The maximum absolute atomic E-state index is 12.4. The first-order valence-electron chi connectivity index (χ1n) is 9.30. The van der Waals surface area contributed by atoms with Gasteiger partial charge in [-0.25, -0.2) is 4.98 Å². The number of benzene rings is 3. The summed E-state index contributed by atoms with van der Waals surface area (Å²) in [6.45, 7) is 1.88. The van der Waals surface area contributed by atoms with Crippen molar-refractivity contribution in [3.63, 3.8) is 0 Å². The Morgan fingerprint density at radius 1 is 1.10 bits per heavy atom. The van der Waals surface area contributed by atoms with Gasteiger partial charge in [-0.2, -0.15) is 0 Å². The summed E-state index contributed by atoms with van der Waals surface area (Å²) in [6, 6.07) is 20.4. The third-order valence-electron chi connectivity index (χ3n) is 4.58. The molecule has 0 spiro atoms. The number of carbonyl (C=O) groups is 1. The van der Waals surface area contributed by atoms with Crippen molar-refractivity contribution in [2.45, 2.75) is 13.3 Å². The largest absolute Gasteiger partial charge is 0.440 e. The fraction of sp³-hybridized carbons (Fsp3) is 0.0870. The first-order chi connectivity index (χ1) is 14.5. The van der Waals surface area contributed by atoms with E-state index in [2.05, 4.69) is 15.6 Å². The van der Waals surface area contributed by atoms with E-state index in [1.54, 1.807) is 6.07 Å². The van der Waals surface area contributed by atoms with E-state index in [1.807, 2.05) is 67.6 Å². The van der Waals surface area contributed by atoms with Gasteiger partial charge in [-0.15, -0.1) is 0 Å². The lowest BCUT2D eigenvalue weighted by Crippen LogP contribution is -2.34. The number of carbonyl (C=O) groups excluding carboxylic acids is 1. The molecule has 0 aliphatic rings. The molecular formula is C23H18ClN3O2S. The van der Waals surface area contributed by atoms with Crippen LogP contribution in [0.2, 0.25) is 5.02 Å². The van der Waals surface area contributed by atoms with Crippen molar-refractivity contribution in [2.75, 3.05) is 5.32 Å². The summed E-state index contributed by atoms with van der Waals surface area (Å²) in [7, 11) is 0. The van der Waals surface area contributed by atoms with E-state index in [0.29, 0.717) is 39.7 Å². The molecule has 0 bridgehead atoms. The average Bonchev–Trinajstić information content (AvgIpc) is 3.11. The van der Waals surface area contributed by atoms with Gasteiger partial charge in [-0.1, -0.05) is 41.9 Å². The minimum Gasteiger partial charge on any atom is -0.440 e. The Hall–Kier alpha value is -3.22. The number of aryl methyl sites for hydroxylation is 1. The van der Waals surface area contributed by atoms with E-state index in [4.69, 9.17) is 28.2 Å². The van der Waals surface area contributed by atoms with Gasteiger partial charge < -0.3 is 9.73 Å². The lowest BCUT2D eigenvalue weighted by molar-refractivity contribution is 0.0977. The van der Waals surface area contributed by atoms with Crippen molar-refractivity contribution < 1.29 is 9.21 Å². The Morgan fingerprint density at radius 3 is 2.63 bits per heavy atom. The van der Waals surface area contributed by atoms with Gasteiger partial charge in [0.1, 0.15) is 5.52 Å². The normalized spacial score (nSPS) is 10.7. The topological polar surface area (TPSA) is 67.2 Å². The molecule has 0 unspecified atom stereocenters. The van der Waals surface area contributed by atoms with Gasteiger partial charge in [0.15, 0.2) is 16.6 Å². The van der Waals surface area contributed by atoms with E-state index in [1.165, 1.54) is 0 Å². The number of anilines is 1. The number of aromatic nitrogens is 1. The van der Waals surface area contributed by atoms with Crippen molar-refractivity contribution in [2.24, 2.45) is 0 Å². The quantitative estimate of drug-likeness (QED) is 0.414. The second-order valence-electron chi connectivity index (χ2n) is 6.82. The Labute approximate surface area is 184 Å². The number of thiocarbonyl (C=S) groups is 1. The van der Waals surface area contributed by atoms with Crippen LogP contribution in [-0.4, -0.2) is 16.0 Å². The lowest BCUT2D eigenvalue weighted by atomic mass is 10.1. The van der Waals surface area contributed by atoms with Crippen LogP contribution in [0.5, 0.6) is 0 Å². The Bertz CT molecular complexity index is 1230. The molecule has 30 heavy (non-hydrogen) atoms. The molecule has 0 saturated heterocycles. The average molecular weight is 436 g/mol. The fourth-order valence-corrected chi connectivity index (χ4v) is 3.40. The van der Waals surface area contributed by atoms with E-state index in [9.17, 15) is 4.79 Å². The first-order valence-corrected chi connectivity index (χ1v) is 10.1. The smallest absolute Gasteiger partial charge is 0.257 e. The molecule has 7 heteroatoms. The van der Waals surface area contributed by atoms with Crippen LogP contribution in [0.25, 0.3) is 11.1 Å². The molecule has 0 saturated carbocycles. The number of hydrogen-bond acceptors (Lipinski definition) is 4. The number of rotatable bonds is 4. The van der Waals surface area contributed by atoms with Gasteiger partial charge in [0, 0.05) is 22.7 Å². The SMILES string of the molecule is Cc1ccccc1C(=O)NC(=S)Nc1ccc2oc(Cc3ccc(Cl)cc3)nc2c1. The number of nitrogens with zero attached hydrogens (tertiary/aromatic N) is 1. The molecule has 0 fully saturated rings. The Morgan fingerprint density at radius 2 is 1.87 bits per heavy atom. The zero-order valence-electron chi connectivity index (χ0n) is 16.1. The summed E-state index contributed by atoms with van der Waals surface area (Å²) < 4.78 is 5.82. The van der Waals surface area contributed by atoms with E-state index < -0.39 is 0 Å². The Kier molecular flexibility index (Phi) is 5.79. The zero-order valence-corrected chi connectivity index (χ0v) is 17.7. The van der Waals surface area contributed by atoms with Gasteiger partial charge in [-0.3, -0.25) is 10.1 Å². The molecule has 3 aromatic carbocycles. The predicted molar refractivity (Wildman–Crippen MR) is 123 cm³/mol. The third kappa shape index (κ3) is 4.67. The van der Waals surface area contributed by atoms with Gasteiger partial charge in [0.25, 0.3) is 5.91 Å². The summed E-state index contributed by atoms with van der Waals surface area (Å²) in [5, 5.41) is 6.63. The second-order valence-corrected chi connectivity index (χ2v) is 7.66. The monoisotopic (exact) mass is 435 g/mol. The molecule has 2 N–H and O–H groups in total. The van der Waals surface area contributed by atoms with Crippen LogP contribution >= 0.6 is 23.8 Å². The number of nitrogens with one attached hydrogen (secondary N) is 2. The van der Waals surface area contributed by atoms with Crippen molar-refractivity contribution in [3.8, 4) is 0 Å². The highest BCUT2D eigenvalue weighted by Gasteiger charge is 2.12. The molecule has 0 atom stereocenters. The second kappa shape index (κ2) is 8.65. The molecule has 4 rings (SSSR count). The molecule has 0 aliphatic heterocycles. The van der Waals surface area contributed by atoms with Gasteiger partial charge >= 0.3 is 0 Å². The van der Waals surface area contributed by atoms with E-state index in [0.717, 1.165) is 11.1 Å². The maximum atomic E-state index is 12.4. The molecule has 0 radical (unpaired) electrons. The molecule has 0 aliphatic carbocycles. The highest BCUT2D eigenvalue weighted by molar-refractivity contribution is 7.80. The molecule has 1 aromatic heterocycles. The van der Waals surface area contributed by atoms with Gasteiger partial charge in [-0.05, 0) is 66.7 Å². The minimum atomic E-state index is -0.252. The predicted octanol–water partition coefficient (Wildman–Crippen LogP) is 5.51. The minimum absolute atomic E-state index is 0.215. The van der Waals surface area contributed by atoms with Crippen LogP contribution in [0.4, 0.5) is 5.69 Å². The van der Waals surface area contributed by atoms with Crippen LogP contribution in [0.3, 0.4) is 0 Å².